The van der Waals surface area contributed by atoms with Crippen molar-refractivity contribution in [1.82, 2.24) is 20.6 Å². The van der Waals surface area contributed by atoms with E-state index in [1.165, 1.54) is 0 Å². The van der Waals surface area contributed by atoms with Crippen LogP contribution in [-0.2, 0) is 6.54 Å². The van der Waals surface area contributed by atoms with Crippen molar-refractivity contribution in [3.05, 3.63) is 41.5 Å². The Morgan fingerprint density at radius 2 is 2.04 bits per heavy atom. The smallest absolute Gasteiger partial charge is 0.255 e. The van der Waals surface area contributed by atoms with Gasteiger partial charge in [0.1, 0.15) is 19.0 Å². The zero-order valence-electron chi connectivity index (χ0n) is 14.3. The number of hydrogen-bond donors (Lipinski definition) is 1. The Bertz CT molecular complexity index is 991. The molecule has 2 aliphatic rings. The lowest BCUT2D eigenvalue weighted by molar-refractivity contribution is 0.0935. The summed E-state index contributed by atoms with van der Waals surface area (Å²) >= 11 is 0. The number of para-hydroxylation sites is 1. The summed E-state index contributed by atoms with van der Waals surface area (Å²) in [6, 6.07) is 7.02. The standard InChI is InChI=1S/C18H16N4O5/c23-18(11-2-1-3-13-16(11)25-7-6-24-13)19-9-15-20-17(22-27-15)12-8-14(26-21-12)10-4-5-10/h1-3,8,10H,4-7,9H2,(H,19,23). The van der Waals surface area contributed by atoms with Gasteiger partial charge in [0.2, 0.25) is 11.7 Å². The lowest BCUT2D eigenvalue weighted by Gasteiger charge is -2.20. The van der Waals surface area contributed by atoms with Crippen molar-refractivity contribution in [1.29, 1.82) is 0 Å². The second-order valence-electron chi connectivity index (χ2n) is 6.41. The van der Waals surface area contributed by atoms with E-state index in [1.807, 2.05) is 6.07 Å². The molecule has 1 saturated carbocycles. The van der Waals surface area contributed by atoms with E-state index in [-0.39, 0.29) is 18.3 Å². The van der Waals surface area contributed by atoms with E-state index in [4.69, 9.17) is 18.5 Å². The zero-order valence-corrected chi connectivity index (χ0v) is 14.3. The van der Waals surface area contributed by atoms with Crippen LogP contribution in [-0.4, -0.2) is 34.4 Å². The van der Waals surface area contributed by atoms with Crippen LogP contribution in [0.2, 0.25) is 0 Å². The van der Waals surface area contributed by atoms with Gasteiger partial charge in [-0.15, -0.1) is 0 Å². The minimum Gasteiger partial charge on any atom is -0.486 e. The normalized spacial score (nSPS) is 15.6. The maximum atomic E-state index is 12.5. The molecule has 9 heteroatoms. The maximum Gasteiger partial charge on any atom is 0.255 e. The van der Waals surface area contributed by atoms with E-state index in [1.54, 1.807) is 18.2 Å². The summed E-state index contributed by atoms with van der Waals surface area (Å²) < 4.78 is 21.5. The van der Waals surface area contributed by atoms with Gasteiger partial charge in [0.05, 0.1) is 12.1 Å². The van der Waals surface area contributed by atoms with Gasteiger partial charge in [0, 0.05) is 12.0 Å². The van der Waals surface area contributed by atoms with Crippen LogP contribution in [0.25, 0.3) is 11.5 Å². The molecule has 1 amide bonds. The van der Waals surface area contributed by atoms with Crippen molar-refractivity contribution < 1.29 is 23.3 Å². The number of aromatic nitrogens is 3. The third-order valence-corrected chi connectivity index (χ3v) is 4.42. The second kappa shape index (κ2) is 6.42. The number of rotatable bonds is 5. The van der Waals surface area contributed by atoms with Gasteiger partial charge < -0.3 is 23.8 Å². The van der Waals surface area contributed by atoms with Gasteiger partial charge in [-0.3, -0.25) is 4.79 Å². The molecule has 9 nitrogen and oxygen atoms in total. The molecular weight excluding hydrogens is 352 g/mol. The van der Waals surface area contributed by atoms with Gasteiger partial charge in [-0.1, -0.05) is 16.4 Å². The van der Waals surface area contributed by atoms with E-state index in [2.05, 4.69) is 20.6 Å². The summed E-state index contributed by atoms with van der Waals surface area (Å²) in [4.78, 5) is 16.7. The molecule has 0 saturated heterocycles. The van der Waals surface area contributed by atoms with Crippen molar-refractivity contribution in [2.24, 2.45) is 0 Å². The number of hydrogen-bond acceptors (Lipinski definition) is 8. The molecule has 3 aromatic rings. The highest BCUT2D eigenvalue weighted by Gasteiger charge is 2.29. The van der Waals surface area contributed by atoms with Gasteiger partial charge in [-0.05, 0) is 25.0 Å². The van der Waals surface area contributed by atoms with Crippen LogP contribution in [0.3, 0.4) is 0 Å². The summed E-state index contributed by atoms with van der Waals surface area (Å²) in [5.41, 5.74) is 0.929. The van der Waals surface area contributed by atoms with E-state index >= 15 is 0 Å². The van der Waals surface area contributed by atoms with E-state index in [9.17, 15) is 4.79 Å². The number of amides is 1. The first-order valence-corrected chi connectivity index (χ1v) is 8.74. The fourth-order valence-corrected chi connectivity index (χ4v) is 2.89. The van der Waals surface area contributed by atoms with Crippen LogP contribution in [0.1, 0.15) is 40.8 Å². The molecule has 1 N–H and O–H groups in total. The lowest BCUT2D eigenvalue weighted by Crippen LogP contribution is -2.25. The summed E-state index contributed by atoms with van der Waals surface area (Å²) in [6.07, 6.45) is 2.24. The molecule has 3 heterocycles. The first-order valence-electron chi connectivity index (χ1n) is 8.74. The molecule has 0 atom stereocenters. The summed E-state index contributed by atoms with van der Waals surface area (Å²) in [7, 11) is 0. The molecule has 0 spiro atoms. The van der Waals surface area contributed by atoms with Crippen LogP contribution in [0.15, 0.2) is 33.3 Å². The Kier molecular flexibility index (Phi) is 3.77. The molecule has 27 heavy (non-hydrogen) atoms. The van der Waals surface area contributed by atoms with Crippen LogP contribution in [0.5, 0.6) is 11.5 Å². The van der Waals surface area contributed by atoms with Gasteiger partial charge in [0.15, 0.2) is 17.2 Å². The van der Waals surface area contributed by atoms with Gasteiger partial charge >= 0.3 is 0 Å². The fraction of sp³-hybridized carbons (Fsp3) is 0.333. The molecule has 0 radical (unpaired) electrons. The average Bonchev–Trinajstić information content (AvgIpc) is 3.25. The number of ether oxygens (including phenoxy) is 2. The number of carbonyl (C=O) groups excluding carboxylic acids is 1. The second-order valence-corrected chi connectivity index (χ2v) is 6.41. The minimum absolute atomic E-state index is 0.0870. The van der Waals surface area contributed by atoms with Crippen LogP contribution >= 0.6 is 0 Å². The highest BCUT2D eigenvalue weighted by molar-refractivity contribution is 5.97. The maximum absolute atomic E-state index is 12.5. The number of nitrogens with zero attached hydrogens (tertiary/aromatic N) is 3. The Hall–Kier alpha value is -3.36. The van der Waals surface area contributed by atoms with Crippen LogP contribution < -0.4 is 14.8 Å². The van der Waals surface area contributed by atoms with Crippen molar-refractivity contribution in [3.63, 3.8) is 0 Å². The number of carbonyl (C=O) groups is 1. The average molecular weight is 368 g/mol. The van der Waals surface area contributed by atoms with Crippen molar-refractivity contribution in [2.75, 3.05) is 13.2 Å². The third-order valence-electron chi connectivity index (χ3n) is 4.42. The number of fused-ring (bicyclic) bond motifs is 1. The van der Waals surface area contributed by atoms with Crippen molar-refractivity contribution >= 4 is 5.91 Å². The molecule has 1 aliphatic heterocycles. The SMILES string of the molecule is O=C(NCc1nc(-c2cc(C3CC3)on2)no1)c1cccc2c1OCCO2. The topological polar surface area (TPSA) is 113 Å². The minimum atomic E-state index is -0.311. The van der Waals surface area contributed by atoms with E-state index < -0.39 is 0 Å². The Labute approximate surface area is 153 Å². The number of nitrogens with one attached hydrogen (secondary N) is 1. The van der Waals surface area contributed by atoms with Crippen molar-refractivity contribution in [3.8, 4) is 23.0 Å². The quantitative estimate of drug-likeness (QED) is 0.730. The molecule has 0 unspecified atom stereocenters. The van der Waals surface area contributed by atoms with Gasteiger partial charge in [0.25, 0.3) is 5.91 Å². The molecule has 1 aromatic carbocycles. The highest BCUT2D eigenvalue weighted by atomic mass is 16.6. The summed E-state index contributed by atoms with van der Waals surface area (Å²) in [6.45, 7) is 0.960. The van der Waals surface area contributed by atoms with Gasteiger partial charge in [-0.25, -0.2) is 0 Å². The zero-order chi connectivity index (χ0) is 18.2. The predicted octanol–water partition coefficient (Wildman–Crippen LogP) is 2.30. The van der Waals surface area contributed by atoms with E-state index in [0.29, 0.717) is 47.7 Å². The first kappa shape index (κ1) is 15.9. The van der Waals surface area contributed by atoms with E-state index in [0.717, 1.165) is 18.6 Å². The predicted molar refractivity (Wildman–Crippen MR) is 90.4 cm³/mol. The largest absolute Gasteiger partial charge is 0.486 e. The molecule has 1 aliphatic carbocycles. The number of benzene rings is 1. The monoisotopic (exact) mass is 368 g/mol. The molecule has 5 rings (SSSR count). The Balaban J connectivity index is 1.26. The first-order chi connectivity index (χ1) is 13.3. The lowest BCUT2D eigenvalue weighted by atomic mass is 10.1. The van der Waals surface area contributed by atoms with Crippen LogP contribution in [0, 0.1) is 0 Å². The molecular formula is C18H16N4O5. The third kappa shape index (κ3) is 3.12. The molecule has 0 bridgehead atoms. The van der Waals surface area contributed by atoms with Crippen molar-refractivity contribution in [2.45, 2.75) is 25.3 Å². The molecule has 2 aromatic heterocycles. The molecule has 1 fully saturated rings. The fourth-order valence-electron chi connectivity index (χ4n) is 2.89. The van der Waals surface area contributed by atoms with Gasteiger partial charge in [-0.2, -0.15) is 4.98 Å². The Morgan fingerprint density at radius 3 is 2.93 bits per heavy atom. The summed E-state index contributed by atoms with van der Waals surface area (Å²) in [5.74, 6) is 2.62. The summed E-state index contributed by atoms with van der Waals surface area (Å²) in [5, 5.41) is 10.6. The molecule has 138 valence electrons. The van der Waals surface area contributed by atoms with Crippen LogP contribution in [0.4, 0.5) is 0 Å². The Morgan fingerprint density at radius 1 is 1.15 bits per heavy atom. The highest BCUT2D eigenvalue weighted by Crippen LogP contribution is 2.41.